The molecule has 0 aliphatic carbocycles. The van der Waals surface area contributed by atoms with Crippen molar-refractivity contribution in [3.05, 3.63) is 137 Å². The summed E-state index contributed by atoms with van der Waals surface area (Å²) < 4.78 is 39.8. The van der Waals surface area contributed by atoms with E-state index in [-0.39, 0.29) is 16.1 Å². The van der Waals surface area contributed by atoms with Gasteiger partial charge in [-0.2, -0.15) is 0 Å². The van der Waals surface area contributed by atoms with Crippen molar-refractivity contribution in [2.24, 2.45) is 0 Å². The molecule has 286 valence electrons. The molecule has 0 radical (unpaired) electrons. The quantitative estimate of drug-likeness (QED) is 0.0450. The molecule has 0 aromatic heterocycles. The Morgan fingerprint density at radius 1 is 0.873 bits per heavy atom. The molecule has 0 bridgehead atoms. The van der Waals surface area contributed by atoms with E-state index < -0.39 is 26.5 Å². The highest BCUT2D eigenvalue weighted by molar-refractivity contribution is 7.99. The topological polar surface area (TPSA) is 143 Å². The summed E-state index contributed by atoms with van der Waals surface area (Å²) in [4.78, 5) is 29.5. The lowest BCUT2D eigenvalue weighted by atomic mass is 10.0. The first-order valence-corrected chi connectivity index (χ1v) is 20.3. The van der Waals surface area contributed by atoms with Crippen LogP contribution in [0.15, 0.2) is 125 Å². The van der Waals surface area contributed by atoms with Gasteiger partial charge in [-0.25, -0.2) is 13.1 Å². The maximum atomic E-state index is 13.1. The second-order valence-electron chi connectivity index (χ2n) is 12.8. The van der Waals surface area contributed by atoms with Gasteiger partial charge >= 0.3 is 0 Å². The molecule has 14 heteroatoms. The fourth-order valence-electron chi connectivity index (χ4n) is 6.31. The molecular weight excluding hydrogens is 739 g/mol. The van der Waals surface area contributed by atoms with E-state index in [0.29, 0.717) is 18.9 Å². The lowest BCUT2D eigenvalue weighted by molar-refractivity contribution is -0.384. The summed E-state index contributed by atoms with van der Waals surface area (Å²) in [6.07, 6.45) is 0. The minimum Gasteiger partial charge on any atom is -0.496 e. The highest BCUT2D eigenvalue weighted by Crippen LogP contribution is 2.31. The van der Waals surface area contributed by atoms with Crippen LogP contribution in [0.2, 0.25) is 0 Å². The first-order valence-electron chi connectivity index (χ1n) is 17.9. The SMILES string of the molecule is CCOc1cccc(-c2ccc(CN3CCN(c4ccc(C(=O)NS(=O)(=O)c5ccc(NCCSc6ccccc6)c([N+](=O)[O-])c5)cc4)CC3)c(OC)c2)c1. The Bertz CT molecular complexity index is 2210. The lowest BCUT2D eigenvalue weighted by Crippen LogP contribution is -2.46. The molecule has 6 rings (SSSR count). The van der Waals surface area contributed by atoms with Gasteiger partial charge in [0, 0.05) is 72.8 Å². The molecule has 1 amide bonds. The number of hydrogen-bond donors (Lipinski definition) is 2. The normalized spacial score (nSPS) is 13.2. The van der Waals surface area contributed by atoms with E-state index in [9.17, 15) is 23.3 Å². The highest BCUT2D eigenvalue weighted by atomic mass is 32.2. The smallest absolute Gasteiger partial charge is 0.293 e. The van der Waals surface area contributed by atoms with Crippen molar-refractivity contribution in [2.75, 3.05) is 62.4 Å². The van der Waals surface area contributed by atoms with E-state index in [1.54, 1.807) is 43.1 Å². The monoisotopic (exact) mass is 781 g/mol. The molecule has 5 aromatic rings. The molecule has 0 saturated carbocycles. The van der Waals surface area contributed by atoms with Gasteiger partial charge in [0.25, 0.3) is 21.6 Å². The zero-order valence-corrected chi connectivity index (χ0v) is 32.3. The van der Waals surface area contributed by atoms with Crippen LogP contribution < -0.4 is 24.4 Å². The van der Waals surface area contributed by atoms with Gasteiger partial charge in [-0.3, -0.25) is 19.8 Å². The van der Waals surface area contributed by atoms with Crippen LogP contribution >= 0.6 is 11.8 Å². The van der Waals surface area contributed by atoms with Crippen LogP contribution in [0.25, 0.3) is 11.1 Å². The Labute approximate surface area is 325 Å². The molecule has 2 N–H and O–H groups in total. The van der Waals surface area contributed by atoms with Crippen molar-refractivity contribution in [1.29, 1.82) is 0 Å². The number of nitrogens with zero attached hydrogens (tertiary/aromatic N) is 3. The van der Waals surface area contributed by atoms with Crippen LogP contribution in [0.1, 0.15) is 22.8 Å². The van der Waals surface area contributed by atoms with Crippen LogP contribution in [0.3, 0.4) is 0 Å². The Morgan fingerprint density at radius 3 is 2.33 bits per heavy atom. The Hall–Kier alpha value is -5.57. The Kier molecular flexibility index (Phi) is 12.9. The number of hydrogen-bond acceptors (Lipinski definition) is 11. The van der Waals surface area contributed by atoms with Crippen molar-refractivity contribution < 1.29 is 27.6 Å². The zero-order chi connectivity index (χ0) is 38.8. The number of benzene rings is 5. The predicted octanol–water partition coefficient (Wildman–Crippen LogP) is 7.31. The number of carbonyl (C=O) groups excluding carboxylic acids is 1. The fraction of sp³-hybridized carbons (Fsp3) is 0.244. The van der Waals surface area contributed by atoms with Gasteiger partial charge in [0.2, 0.25) is 0 Å². The average molecular weight is 782 g/mol. The molecule has 5 aromatic carbocycles. The summed E-state index contributed by atoms with van der Waals surface area (Å²) in [6.45, 7) is 6.89. The van der Waals surface area contributed by atoms with Crippen molar-refractivity contribution in [2.45, 2.75) is 23.3 Å². The molecule has 0 atom stereocenters. The number of amides is 1. The van der Waals surface area contributed by atoms with E-state index in [1.165, 1.54) is 12.1 Å². The van der Waals surface area contributed by atoms with Crippen LogP contribution in [0.5, 0.6) is 11.5 Å². The molecule has 1 fully saturated rings. The summed E-state index contributed by atoms with van der Waals surface area (Å²) in [5, 5.41) is 14.8. The number of carbonyl (C=O) groups is 1. The minimum atomic E-state index is -4.40. The zero-order valence-electron chi connectivity index (χ0n) is 30.6. The van der Waals surface area contributed by atoms with Crippen molar-refractivity contribution >= 4 is 44.8 Å². The number of sulfonamides is 1. The molecule has 0 unspecified atom stereocenters. The van der Waals surface area contributed by atoms with Crippen molar-refractivity contribution in [1.82, 2.24) is 9.62 Å². The second-order valence-corrected chi connectivity index (χ2v) is 15.6. The maximum Gasteiger partial charge on any atom is 0.293 e. The van der Waals surface area contributed by atoms with Gasteiger partial charge < -0.3 is 19.7 Å². The largest absolute Gasteiger partial charge is 0.496 e. The fourth-order valence-corrected chi connectivity index (χ4v) is 8.09. The van der Waals surface area contributed by atoms with Gasteiger partial charge in [-0.05, 0) is 84.8 Å². The standard InChI is InChI=1S/C41H43N5O7S2/c1-3-53-35-9-7-8-31(26-35)32-12-13-33(40(27-32)52-2)29-44-21-23-45(24-22-44)34-16-14-30(15-17-34)41(47)43-55(50,51)37-18-19-38(39(28-37)46(48)49)42-20-25-54-36-10-5-4-6-11-36/h4-19,26-28,42H,3,20-25,29H2,1-2H3,(H,43,47). The number of ether oxygens (including phenoxy) is 2. The van der Waals surface area contributed by atoms with E-state index in [1.807, 2.05) is 55.5 Å². The third-order valence-electron chi connectivity index (χ3n) is 9.16. The average Bonchev–Trinajstić information content (AvgIpc) is 3.20. The van der Waals surface area contributed by atoms with Crippen LogP contribution in [0, 0.1) is 10.1 Å². The summed E-state index contributed by atoms with van der Waals surface area (Å²) in [5.74, 6) is 1.47. The van der Waals surface area contributed by atoms with Crippen molar-refractivity contribution in [3.63, 3.8) is 0 Å². The van der Waals surface area contributed by atoms with Gasteiger partial charge in [0.15, 0.2) is 0 Å². The molecule has 1 aliphatic heterocycles. The molecule has 12 nitrogen and oxygen atoms in total. The van der Waals surface area contributed by atoms with Gasteiger partial charge in [-0.15, -0.1) is 11.8 Å². The number of methoxy groups -OCH3 is 1. The molecule has 1 heterocycles. The molecule has 1 saturated heterocycles. The number of nitrogens with one attached hydrogen (secondary N) is 2. The van der Waals surface area contributed by atoms with E-state index in [4.69, 9.17) is 9.47 Å². The third kappa shape index (κ3) is 10.1. The molecule has 0 spiro atoms. The number of thioether (sulfide) groups is 1. The van der Waals surface area contributed by atoms with E-state index >= 15 is 0 Å². The van der Waals surface area contributed by atoms with Crippen LogP contribution in [0.4, 0.5) is 17.1 Å². The summed E-state index contributed by atoms with van der Waals surface area (Å²) in [5.41, 5.74) is 4.06. The number of piperazine rings is 1. The van der Waals surface area contributed by atoms with E-state index in [0.717, 1.165) is 77.6 Å². The Balaban J connectivity index is 1.01. The second kappa shape index (κ2) is 18.2. The number of nitro benzene ring substituents is 1. The summed E-state index contributed by atoms with van der Waals surface area (Å²) in [7, 11) is -2.71. The van der Waals surface area contributed by atoms with Crippen molar-refractivity contribution in [3.8, 4) is 22.6 Å². The number of anilines is 2. The Morgan fingerprint density at radius 2 is 1.62 bits per heavy atom. The van der Waals surface area contributed by atoms with Crippen LogP contribution in [-0.4, -0.2) is 76.3 Å². The molecular formula is C41H43N5O7S2. The first kappa shape index (κ1) is 39.1. The van der Waals surface area contributed by atoms with Crippen LogP contribution in [-0.2, 0) is 16.6 Å². The van der Waals surface area contributed by atoms with E-state index in [2.05, 4.69) is 44.1 Å². The lowest BCUT2D eigenvalue weighted by Gasteiger charge is -2.36. The predicted molar refractivity (Wildman–Crippen MR) is 217 cm³/mol. The summed E-state index contributed by atoms with van der Waals surface area (Å²) in [6, 6.07) is 34.3. The number of nitro groups is 1. The van der Waals surface area contributed by atoms with Gasteiger partial charge in [0.1, 0.15) is 17.2 Å². The number of rotatable bonds is 16. The maximum absolute atomic E-state index is 13.1. The molecule has 1 aliphatic rings. The minimum absolute atomic E-state index is 0.148. The van der Waals surface area contributed by atoms with Gasteiger partial charge in [0.05, 0.1) is 23.5 Å². The first-order chi connectivity index (χ1) is 26.6. The molecule has 55 heavy (non-hydrogen) atoms. The third-order valence-corrected chi connectivity index (χ3v) is 11.5. The summed E-state index contributed by atoms with van der Waals surface area (Å²) >= 11 is 1.59. The highest BCUT2D eigenvalue weighted by Gasteiger charge is 2.25. The van der Waals surface area contributed by atoms with Gasteiger partial charge in [-0.1, -0.05) is 42.5 Å².